The third-order valence-electron chi connectivity index (χ3n) is 2.49. The minimum Gasteiger partial charge on any atom is -0.496 e. The van der Waals surface area contributed by atoms with Gasteiger partial charge >= 0.3 is 0 Å². The first-order valence-corrected chi connectivity index (χ1v) is 5.50. The zero-order valence-electron chi connectivity index (χ0n) is 10.2. The van der Waals surface area contributed by atoms with Crippen molar-refractivity contribution in [2.24, 2.45) is 0 Å². The van der Waals surface area contributed by atoms with E-state index in [0.717, 1.165) is 22.6 Å². The fourth-order valence-electron chi connectivity index (χ4n) is 1.74. The lowest BCUT2D eigenvalue weighted by Crippen LogP contribution is -1.95. The minimum atomic E-state index is 0.509. The molecule has 0 atom stereocenters. The second-order valence-corrected chi connectivity index (χ2v) is 3.55. The number of benzene rings is 1. The van der Waals surface area contributed by atoms with Crippen LogP contribution in [0.25, 0.3) is 11.1 Å². The maximum absolute atomic E-state index is 5.45. The molecular weight excluding hydrogens is 218 g/mol. The van der Waals surface area contributed by atoms with Crippen LogP contribution in [0, 0.1) is 6.92 Å². The van der Waals surface area contributed by atoms with Crippen molar-refractivity contribution in [3.63, 3.8) is 0 Å². The number of aromatic nitrogens is 1. The second-order valence-electron chi connectivity index (χ2n) is 3.55. The van der Waals surface area contributed by atoms with Crippen molar-refractivity contribution < 1.29 is 14.0 Å². The Kier molecular flexibility index (Phi) is 3.32. The molecule has 0 aliphatic carbocycles. The van der Waals surface area contributed by atoms with Gasteiger partial charge in [-0.3, -0.25) is 0 Å². The van der Waals surface area contributed by atoms with Gasteiger partial charge in [0, 0.05) is 5.56 Å². The van der Waals surface area contributed by atoms with E-state index in [9.17, 15) is 0 Å². The molecule has 0 aliphatic rings. The van der Waals surface area contributed by atoms with Crippen LogP contribution in [0.4, 0.5) is 0 Å². The van der Waals surface area contributed by atoms with Crippen LogP contribution in [0.5, 0.6) is 11.6 Å². The van der Waals surface area contributed by atoms with E-state index in [2.05, 4.69) is 5.16 Å². The number of aryl methyl sites for hydroxylation is 1. The van der Waals surface area contributed by atoms with Gasteiger partial charge in [-0.25, -0.2) is 0 Å². The van der Waals surface area contributed by atoms with E-state index in [4.69, 9.17) is 14.0 Å². The molecule has 0 N–H and O–H groups in total. The van der Waals surface area contributed by atoms with Gasteiger partial charge in [0.15, 0.2) is 0 Å². The van der Waals surface area contributed by atoms with Crippen molar-refractivity contribution in [2.75, 3.05) is 13.7 Å². The van der Waals surface area contributed by atoms with Crippen LogP contribution in [0.15, 0.2) is 28.8 Å². The first kappa shape index (κ1) is 11.5. The van der Waals surface area contributed by atoms with Crippen LogP contribution in [0.3, 0.4) is 0 Å². The maximum atomic E-state index is 5.45. The number of hydrogen-bond acceptors (Lipinski definition) is 4. The number of nitrogens with zero attached hydrogens (tertiary/aromatic N) is 1. The SMILES string of the molecule is CCOc1noc(C)c1-c1ccccc1OC. The minimum absolute atomic E-state index is 0.509. The molecule has 2 rings (SSSR count). The van der Waals surface area contributed by atoms with Crippen molar-refractivity contribution in [3.05, 3.63) is 30.0 Å². The summed E-state index contributed by atoms with van der Waals surface area (Å²) in [5, 5.41) is 3.90. The highest BCUT2D eigenvalue weighted by Gasteiger charge is 2.18. The van der Waals surface area contributed by atoms with Crippen LogP contribution in [0.2, 0.25) is 0 Å². The molecule has 0 amide bonds. The van der Waals surface area contributed by atoms with Gasteiger partial charge in [0.25, 0.3) is 5.88 Å². The summed E-state index contributed by atoms with van der Waals surface area (Å²) in [6.07, 6.45) is 0. The van der Waals surface area contributed by atoms with Gasteiger partial charge in [-0.05, 0) is 25.1 Å². The predicted octanol–water partition coefficient (Wildman–Crippen LogP) is 3.06. The molecule has 0 unspecified atom stereocenters. The summed E-state index contributed by atoms with van der Waals surface area (Å²) in [7, 11) is 1.64. The lowest BCUT2D eigenvalue weighted by molar-refractivity contribution is 0.292. The van der Waals surface area contributed by atoms with Gasteiger partial charge in [0.2, 0.25) is 0 Å². The van der Waals surface area contributed by atoms with Crippen LogP contribution in [-0.4, -0.2) is 18.9 Å². The Balaban J connectivity index is 2.55. The summed E-state index contributed by atoms with van der Waals surface area (Å²) in [6.45, 7) is 4.32. The fraction of sp³-hybridized carbons (Fsp3) is 0.308. The van der Waals surface area contributed by atoms with E-state index in [1.807, 2.05) is 38.1 Å². The average molecular weight is 233 g/mol. The van der Waals surface area contributed by atoms with E-state index < -0.39 is 0 Å². The second kappa shape index (κ2) is 4.91. The Morgan fingerprint density at radius 2 is 2.06 bits per heavy atom. The Bertz CT molecular complexity index is 505. The molecule has 2 aromatic rings. The molecule has 1 aromatic heterocycles. The number of para-hydroxylation sites is 1. The van der Waals surface area contributed by atoms with E-state index in [1.54, 1.807) is 7.11 Å². The molecule has 4 nitrogen and oxygen atoms in total. The molecule has 4 heteroatoms. The van der Waals surface area contributed by atoms with Gasteiger partial charge in [0.05, 0.1) is 19.3 Å². The van der Waals surface area contributed by atoms with Gasteiger partial charge in [-0.15, -0.1) is 0 Å². The van der Waals surface area contributed by atoms with Gasteiger partial charge < -0.3 is 14.0 Å². The molecule has 1 heterocycles. The molecule has 0 saturated heterocycles. The number of ether oxygens (including phenoxy) is 2. The summed E-state index contributed by atoms with van der Waals surface area (Å²) in [5.74, 6) is 2.01. The van der Waals surface area contributed by atoms with Gasteiger partial charge in [-0.1, -0.05) is 18.2 Å². The van der Waals surface area contributed by atoms with Gasteiger partial charge in [0.1, 0.15) is 11.5 Å². The zero-order chi connectivity index (χ0) is 12.3. The molecule has 0 bridgehead atoms. The highest BCUT2D eigenvalue weighted by Crippen LogP contribution is 2.38. The van der Waals surface area contributed by atoms with E-state index >= 15 is 0 Å². The van der Waals surface area contributed by atoms with Crippen molar-refractivity contribution >= 4 is 0 Å². The number of methoxy groups -OCH3 is 1. The summed E-state index contributed by atoms with van der Waals surface area (Å²) < 4.78 is 16.0. The average Bonchev–Trinajstić information content (AvgIpc) is 2.71. The third kappa shape index (κ3) is 2.11. The quantitative estimate of drug-likeness (QED) is 0.814. The lowest BCUT2D eigenvalue weighted by Gasteiger charge is -2.08. The van der Waals surface area contributed by atoms with Crippen LogP contribution >= 0.6 is 0 Å². The third-order valence-corrected chi connectivity index (χ3v) is 2.49. The Morgan fingerprint density at radius 3 is 2.76 bits per heavy atom. The summed E-state index contributed by atoms with van der Waals surface area (Å²) in [6, 6.07) is 7.73. The molecule has 0 saturated carbocycles. The van der Waals surface area contributed by atoms with E-state index in [0.29, 0.717) is 12.5 Å². The van der Waals surface area contributed by atoms with E-state index in [1.165, 1.54) is 0 Å². The fourth-order valence-corrected chi connectivity index (χ4v) is 1.74. The number of hydrogen-bond donors (Lipinski definition) is 0. The Hall–Kier alpha value is -1.97. The predicted molar refractivity (Wildman–Crippen MR) is 64.4 cm³/mol. The van der Waals surface area contributed by atoms with Gasteiger partial charge in [-0.2, -0.15) is 0 Å². The first-order chi connectivity index (χ1) is 8.27. The molecule has 0 aliphatic heterocycles. The molecule has 0 fully saturated rings. The maximum Gasteiger partial charge on any atom is 0.262 e. The highest BCUT2D eigenvalue weighted by atomic mass is 16.5. The Labute approximate surface area is 100 Å². The van der Waals surface area contributed by atoms with Crippen LogP contribution < -0.4 is 9.47 Å². The smallest absolute Gasteiger partial charge is 0.262 e. The van der Waals surface area contributed by atoms with Crippen LogP contribution in [-0.2, 0) is 0 Å². The topological polar surface area (TPSA) is 44.5 Å². The monoisotopic (exact) mass is 233 g/mol. The van der Waals surface area contributed by atoms with Crippen molar-refractivity contribution in [3.8, 4) is 22.8 Å². The molecule has 0 spiro atoms. The largest absolute Gasteiger partial charge is 0.496 e. The summed E-state index contributed by atoms with van der Waals surface area (Å²) >= 11 is 0. The summed E-state index contributed by atoms with van der Waals surface area (Å²) in [4.78, 5) is 0. The highest BCUT2D eigenvalue weighted by molar-refractivity contribution is 5.75. The molecule has 17 heavy (non-hydrogen) atoms. The van der Waals surface area contributed by atoms with Crippen molar-refractivity contribution in [1.82, 2.24) is 5.16 Å². The zero-order valence-corrected chi connectivity index (χ0v) is 10.2. The molecule has 0 radical (unpaired) electrons. The lowest BCUT2D eigenvalue weighted by atomic mass is 10.1. The standard InChI is InChI=1S/C13H15NO3/c1-4-16-13-12(9(2)17-14-13)10-7-5-6-8-11(10)15-3/h5-8H,4H2,1-3H3. The molecular formula is C13H15NO3. The first-order valence-electron chi connectivity index (χ1n) is 5.50. The molecule has 90 valence electrons. The van der Waals surface area contributed by atoms with E-state index in [-0.39, 0.29) is 0 Å². The number of rotatable bonds is 4. The van der Waals surface area contributed by atoms with Crippen LogP contribution in [0.1, 0.15) is 12.7 Å². The Morgan fingerprint density at radius 1 is 1.29 bits per heavy atom. The van der Waals surface area contributed by atoms with Crippen molar-refractivity contribution in [2.45, 2.75) is 13.8 Å². The summed E-state index contributed by atoms with van der Waals surface area (Å²) in [5.41, 5.74) is 1.78. The molecule has 1 aromatic carbocycles. The van der Waals surface area contributed by atoms with Crippen molar-refractivity contribution in [1.29, 1.82) is 0 Å². The normalized spacial score (nSPS) is 10.3.